The van der Waals surface area contributed by atoms with Gasteiger partial charge in [0.25, 0.3) is 0 Å². The van der Waals surface area contributed by atoms with E-state index in [1.165, 1.54) is 38.8 Å². The predicted octanol–water partition coefficient (Wildman–Crippen LogP) is 2.07. The molecule has 0 aromatic carbocycles. The van der Waals surface area contributed by atoms with Crippen LogP contribution < -0.4 is 5.32 Å². The summed E-state index contributed by atoms with van der Waals surface area (Å²) in [5, 5.41) is 3.37. The van der Waals surface area contributed by atoms with Crippen LogP contribution in [0.25, 0.3) is 0 Å². The molecule has 94 valence electrons. The smallest absolute Gasteiger partial charge is 0.147 e. The van der Waals surface area contributed by atoms with Gasteiger partial charge in [-0.1, -0.05) is 12.8 Å². The number of anilines is 1. The molecule has 1 saturated heterocycles. The van der Waals surface area contributed by atoms with Crippen LogP contribution in [0, 0.1) is 6.92 Å². The van der Waals surface area contributed by atoms with Crippen molar-refractivity contribution in [2.75, 3.05) is 31.5 Å². The number of rotatable bonds is 4. The highest BCUT2D eigenvalue weighted by Gasteiger charge is 2.08. The van der Waals surface area contributed by atoms with Crippen molar-refractivity contribution in [3.63, 3.8) is 0 Å². The average Bonchev–Trinajstić information content (AvgIpc) is 2.60. The third-order valence-corrected chi connectivity index (χ3v) is 3.30. The largest absolute Gasteiger partial charge is 0.367 e. The first-order valence-electron chi connectivity index (χ1n) is 6.60. The lowest BCUT2D eigenvalue weighted by molar-refractivity contribution is 0.296. The normalized spacial score (nSPS) is 17.7. The molecule has 4 heteroatoms. The van der Waals surface area contributed by atoms with Crippen molar-refractivity contribution < 1.29 is 0 Å². The maximum absolute atomic E-state index is 4.29. The van der Waals surface area contributed by atoms with Crippen LogP contribution >= 0.6 is 0 Å². The highest BCUT2D eigenvalue weighted by atomic mass is 15.1. The molecule has 0 spiro atoms. The van der Waals surface area contributed by atoms with Gasteiger partial charge in [0.05, 0.1) is 5.69 Å². The molecule has 1 N–H and O–H groups in total. The van der Waals surface area contributed by atoms with Gasteiger partial charge in [-0.25, -0.2) is 4.98 Å². The van der Waals surface area contributed by atoms with Crippen LogP contribution in [0.2, 0.25) is 0 Å². The highest BCUT2D eigenvalue weighted by Crippen LogP contribution is 2.09. The van der Waals surface area contributed by atoms with Gasteiger partial charge in [0.1, 0.15) is 5.82 Å². The first-order chi connectivity index (χ1) is 8.36. The van der Waals surface area contributed by atoms with E-state index in [4.69, 9.17) is 0 Å². The van der Waals surface area contributed by atoms with Gasteiger partial charge in [-0.15, -0.1) is 0 Å². The second-order valence-corrected chi connectivity index (χ2v) is 4.67. The van der Waals surface area contributed by atoms with Crippen LogP contribution in [0.1, 0.15) is 31.4 Å². The molecular weight excluding hydrogens is 212 g/mol. The third-order valence-electron chi connectivity index (χ3n) is 3.30. The number of likely N-dealkylation sites (tertiary alicyclic amines) is 1. The zero-order valence-corrected chi connectivity index (χ0v) is 10.7. The molecule has 0 aliphatic carbocycles. The van der Waals surface area contributed by atoms with E-state index in [2.05, 4.69) is 20.2 Å². The summed E-state index contributed by atoms with van der Waals surface area (Å²) in [6.45, 7) is 6.55. The molecule has 17 heavy (non-hydrogen) atoms. The Balaban J connectivity index is 1.73. The van der Waals surface area contributed by atoms with Crippen molar-refractivity contribution in [2.45, 2.75) is 32.6 Å². The molecule has 2 rings (SSSR count). The lowest BCUT2D eigenvalue weighted by atomic mass is 10.2. The molecular formula is C13H22N4. The van der Waals surface area contributed by atoms with Gasteiger partial charge >= 0.3 is 0 Å². The van der Waals surface area contributed by atoms with Crippen molar-refractivity contribution in [1.29, 1.82) is 0 Å². The van der Waals surface area contributed by atoms with Gasteiger partial charge in [-0.2, -0.15) is 0 Å². The van der Waals surface area contributed by atoms with Gasteiger partial charge in [-0.3, -0.25) is 4.98 Å². The molecule has 0 radical (unpaired) electrons. The van der Waals surface area contributed by atoms with Gasteiger partial charge in [0.15, 0.2) is 0 Å². The standard InChI is InChI=1S/C13H22N4/c1-12-13(15-7-6-14-12)16-8-11-17-9-4-2-3-5-10-17/h6-7H,2-5,8-11H2,1H3,(H,15,16). The Bertz CT molecular complexity index is 332. The number of aryl methyl sites for hydroxylation is 1. The second kappa shape index (κ2) is 6.55. The zero-order chi connectivity index (χ0) is 11.9. The number of nitrogens with zero attached hydrogens (tertiary/aromatic N) is 3. The van der Waals surface area contributed by atoms with Gasteiger partial charge < -0.3 is 10.2 Å². The zero-order valence-electron chi connectivity index (χ0n) is 10.7. The molecule has 1 aromatic rings. The molecule has 1 aliphatic heterocycles. The Morgan fingerprint density at radius 3 is 2.53 bits per heavy atom. The van der Waals surface area contributed by atoms with E-state index in [1.54, 1.807) is 12.4 Å². The van der Waals surface area contributed by atoms with Crippen LogP contribution in [0.4, 0.5) is 5.82 Å². The number of hydrogen-bond donors (Lipinski definition) is 1. The highest BCUT2D eigenvalue weighted by molar-refractivity contribution is 5.38. The molecule has 0 amide bonds. The summed E-state index contributed by atoms with van der Waals surface area (Å²) in [4.78, 5) is 11.1. The monoisotopic (exact) mass is 234 g/mol. The topological polar surface area (TPSA) is 41.1 Å². The van der Waals surface area contributed by atoms with Crippen molar-refractivity contribution in [1.82, 2.24) is 14.9 Å². The third kappa shape index (κ3) is 3.97. The SMILES string of the molecule is Cc1nccnc1NCCN1CCCCCC1. The summed E-state index contributed by atoms with van der Waals surface area (Å²) < 4.78 is 0. The number of hydrogen-bond acceptors (Lipinski definition) is 4. The number of nitrogens with one attached hydrogen (secondary N) is 1. The Kier molecular flexibility index (Phi) is 4.74. The van der Waals surface area contributed by atoms with E-state index in [0.717, 1.165) is 24.6 Å². The Morgan fingerprint density at radius 2 is 1.82 bits per heavy atom. The Hall–Kier alpha value is -1.16. The lowest BCUT2D eigenvalue weighted by Gasteiger charge is -2.20. The van der Waals surface area contributed by atoms with Crippen LogP contribution in [-0.2, 0) is 0 Å². The first-order valence-corrected chi connectivity index (χ1v) is 6.60. The minimum atomic E-state index is 0.919. The Morgan fingerprint density at radius 1 is 1.12 bits per heavy atom. The maximum atomic E-state index is 4.29. The maximum Gasteiger partial charge on any atom is 0.147 e. The quantitative estimate of drug-likeness (QED) is 0.866. The molecule has 0 unspecified atom stereocenters. The fourth-order valence-electron chi connectivity index (χ4n) is 2.27. The van der Waals surface area contributed by atoms with E-state index in [0.29, 0.717) is 0 Å². The van der Waals surface area contributed by atoms with Crippen LogP contribution in [0.15, 0.2) is 12.4 Å². The van der Waals surface area contributed by atoms with E-state index in [-0.39, 0.29) is 0 Å². The molecule has 2 heterocycles. The summed E-state index contributed by atoms with van der Waals surface area (Å²) in [5.74, 6) is 0.919. The van der Waals surface area contributed by atoms with Crippen molar-refractivity contribution in [2.24, 2.45) is 0 Å². The van der Waals surface area contributed by atoms with Crippen LogP contribution in [-0.4, -0.2) is 41.0 Å². The fraction of sp³-hybridized carbons (Fsp3) is 0.692. The minimum Gasteiger partial charge on any atom is -0.367 e. The fourth-order valence-corrected chi connectivity index (χ4v) is 2.27. The summed E-state index contributed by atoms with van der Waals surface area (Å²) >= 11 is 0. The molecule has 0 saturated carbocycles. The summed E-state index contributed by atoms with van der Waals surface area (Å²) in [5.41, 5.74) is 0.975. The van der Waals surface area contributed by atoms with Gasteiger partial charge in [0.2, 0.25) is 0 Å². The molecule has 4 nitrogen and oxygen atoms in total. The Labute approximate surface area is 103 Å². The van der Waals surface area contributed by atoms with E-state index >= 15 is 0 Å². The summed E-state index contributed by atoms with van der Waals surface area (Å²) in [6.07, 6.45) is 8.96. The van der Waals surface area contributed by atoms with Crippen molar-refractivity contribution in [3.05, 3.63) is 18.1 Å². The van der Waals surface area contributed by atoms with Crippen LogP contribution in [0.5, 0.6) is 0 Å². The second-order valence-electron chi connectivity index (χ2n) is 4.67. The summed E-state index contributed by atoms with van der Waals surface area (Å²) in [6, 6.07) is 0. The summed E-state index contributed by atoms with van der Waals surface area (Å²) in [7, 11) is 0. The molecule has 1 aromatic heterocycles. The molecule has 1 fully saturated rings. The van der Waals surface area contributed by atoms with Gasteiger partial charge in [0, 0.05) is 25.5 Å². The molecule has 0 atom stereocenters. The first kappa shape index (κ1) is 12.3. The predicted molar refractivity (Wildman–Crippen MR) is 70.2 cm³/mol. The lowest BCUT2D eigenvalue weighted by Crippen LogP contribution is -2.30. The molecule has 0 bridgehead atoms. The molecule has 1 aliphatic rings. The van der Waals surface area contributed by atoms with Gasteiger partial charge in [-0.05, 0) is 32.9 Å². The van der Waals surface area contributed by atoms with E-state index < -0.39 is 0 Å². The minimum absolute atomic E-state index is 0.919. The van der Waals surface area contributed by atoms with Crippen molar-refractivity contribution >= 4 is 5.82 Å². The van der Waals surface area contributed by atoms with Crippen LogP contribution in [0.3, 0.4) is 0 Å². The van der Waals surface area contributed by atoms with E-state index in [9.17, 15) is 0 Å². The number of aromatic nitrogens is 2. The van der Waals surface area contributed by atoms with E-state index in [1.807, 2.05) is 6.92 Å². The van der Waals surface area contributed by atoms with Crippen molar-refractivity contribution in [3.8, 4) is 0 Å². The average molecular weight is 234 g/mol.